The van der Waals surface area contributed by atoms with E-state index in [9.17, 15) is 27.6 Å². The number of ether oxygens (including phenoxy) is 2. The lowest BCUT2D eigenvalue weighted by Gasteiger charge is -2.25. The highest BCUT2D eigenvalue weighted by Gasteiger charge is 2.27. The molecular formula is C36H47N5O8S. The number of rotatable bonds is 9. The van der Waals surface area contributed by atoms with Crippen LogP contribution < -0.4 is 26.0 Å². The molecule has 0 saturated heterocycles. The minimum absolute atomic E-state index is 0.0677. The third-order valence-electron chi connectivity index (χ3n) is 6.38. The Labute approximate surface area is 293 Å². The van der Waals surface area contributed by atoms with Crippen molar-refractivity contribution in [2.75, 3.05) is 17.2 Å². The second-order valence-corrected chi connectivity index (χ2v) is 16.3. The smallest absolute Gasteiger partial charge is 0.408 e. The molecule has 0 aliphatic carbocycles. The zero-order chi connectivity index (χ0) is 37.5. The molecule has 0 aromatic heterocycles. The molecule has 0 aliphatic heterocycles. The minimum Gasteiger partial charge on any atom is -0.447 e. The van der Waals surface area contributed by atoms with Gasteiger partial charge in [0, 0.05) is 28.0 Å². The molecule has 0 aliphatic rings. The third kappa shape index (κ3) is 12.8. The van der Waals surface area contributed by atoms with E-state index in [1.807, 2.05) is 6.07 Å². The van der Waals surface area contributed by atoms with Gasteiger partial charge in [-0.15, -0.1) is 0 Å². The Morgan fingerprint density at radius 1 is 0.700 bits per heavy atom. The molecule has 0 heterocycles. The zero-order valence-corrected chi connectivity index (χ0v) is 30.7. The zero-order valence-electron chi connectivity index (χ0n) is 29.9. The SMILES string of the molecule is CC(C)(C)NC(=O)OCC(NC(=O)OC(C)(C)C)c1ccc(NC(=O)C(=O)Nc2ccc(-c3ccccc3)c(S(=O)(=O)NC(C)(C)C)c2)cc1. The van der Waals surface area contributed by atoms with Crippen LogP contribution in [0.25, 0.3) is 11.1 Å². The standard InChI is InChI=1S/C36H47N5O8S/c1-34(2,3)40-33(45)48-22-28(39-32(44)49-36(7,8)9)24-15-17-25(18-16-24)37-30(42)31(43)38-26-19-20-27(23-13-11-10-12-14-23)29(21-26)50(46,47)41-35(4,5)6/h10-21,28,41H,22H2,1-9H3,(H,37,42)(H,38,43)(H,39,44)(H,40,45). The summed E-state index contributed by atoms with van der Waals surface area (Å²) >= 11 is 0. The number of carbonyl (C=O) groups excluding carboxylic acids is 4. The Balaban J connectivity index is 1.77. The van der Waals surface area contributed by atoms with Crippen LogP contribution in [0.4, 0.5) is 21.0 Å². The van der Waals surface area contributed by atoms with E-state index in [1.165, 1.54) is 24.3 Å². The fourth-order valence-electron chi connectivity index (χ4n) is 4.48. The molecule has 1 unspecified atom stereocenters. The van der Waals surface area contributed by atoms with E-state index < -0.39 is 56.7 Å². The summed E-state index contributed by atoms with van der Waals surface area (Å²) in [5.74, 6) is -2.04. The molecule has 0 fully saturated rings. The van der Waals surface area contributed by atoms with E-state index in [0.717, 1.165) is 0 Å². The number of carbonyl (C=O) groups is 4. The number of hydrogen-bond donors (Lipinski definition) is 5. The van der Waals surface area contributed by atoms with Crippen LogP contribution in [-0.2, 0) is 29.1 Å². The molecule has 5 N–H and O–H groups in total. The highest BCUT2D eigenvalue weighted by molar-refractivity contribution is 7.89. The first-order valence-corrected chi connectivity index (χ1v) is 17.4. The van der Waals surface area contributed by atoms with E-state index in [4.69, 9.17) is 9.47 Å². The van der Waals surface area contributed by atoms with Gasteiger partial charge in [-0.3, -0.25) is 9.59 Å². The predicted molar refractivity (Wildman–Crippen MR) is 192 cm³/mol. The molecule has 3 aromatic carbocycles. The lowest BCUT2D eigenvalue weighted by atomic mass is 10.1. The topological polar surface area (TPSA) is 181 Å². The van der Waals surface area contributed by atoms with Crippen LogP contribution in [0.2, 0.25) is 0 Å². The van der Waals surface area contributed by atoms with Gasteiger partial charge in [-0.1, -0.05) is 48.5 Å². The van der Waals surface area contributed by atoms with Crippen molar-refractivity contribution in [3.05, 3.63) is 78.4 Å². The first kappa shape index (κ1) is 39.5. The van der Waals surface area contributed by atoms with Gasteiger partial charge in [-0.25, -0.2) is 22.7 Å². The van der Waals surface area contributed by atoms with Crippen LogP contribution in [0.1, 0.15) is 73.9 Å². The fraction of sp³-hybridized carbons (Fsp3) is 0.389. The summed E-state index contributed by atoms with van der Waals surface area (Å²) in [4.78, 5) is 50.6. The van der Waals surface area contributed by atoms with Crippen molar-refractivity contribution in [2.24, 2.45) is 0 Å². The Kier molecular flexibility index (Phi) is 12.4. The number of anilines is 2. The average Bonchev–Trinajstić information content (AvgIpc) is 2.97. The van der Waals surface area contributed by atoms with Gasteiger partial charge in [0.1, 0.15) is 12.2 Å². The lowest BCUT2D eigenvalue weighted by Crippen LogP contribution is -2.42. The van der Waals surface area contributed by atoms with Crippen molar-refractivity contribution in [1.29, 1.82) is 0 Å². The molecule has 1 atom stereocenters. The second kappa shape index (κ2) is 15.7. The molecule has 3 rings (SSSR count). The molecular weight excluding hydrogens is 662 g/mol. The van der Waals surface area contributed by atoms with Crippen LogP contribution in [0, 0.1) is 0 Å². The molecule has 0 bridgehead atoms. The molecule has 14 heteroatoms. The fourth-order valence-corrected chi connectivity index (χ4v) is 6.16. The number of nitrogens with one attached hydrogen (secondary N) is 5. The molecule has 0 saturated carbocycles. The minimum atomic E-state index is -4.04. The summed E-state index contributed by atoms with van der Waals surface area (Å²) in [6.45, 7) is 15.5. The van der Waals surface area contributed by atoms with Gasteiger partial charge in [0.25, 0.3) is 0 Å². The maximum atomic E-state index is 13.4. The Morgan fingerprint density at radius 2 is 1.26 bits per heavy atom. The highest BCUT2D eigenvalue weighted by atomic mass is 32.2. The number of benzene rings is 3. The van der Waals surface area contributed by atoms with Crippen molar-refractivity contribution in [3.8, 4) is 11.1 Å². The highest BCUT2D eigenvalue weighted by Crippen LogP contribution is 2.31. The van der Waals surface area contributed by atoms with Crippen molar-refractivity contribution in [1.82, 2.24) is 15.4 Å². The lowest BCUT2D eigenvalue weighted by molar-refractivity contribution is -0.133. The van der Waals surface area contributed by atoms with Gasteiger partial charge >= 0.3 is 24.0 Å². The Bertz CT molecular complexity index is 1790. The number of amides is 4. The first-order valence-electron chi connectivity index (χ1n) is 15.9. The van der Waals surface area contributed by atoms with Gasteiger partial charge in [0.05, 0.1) is 10.9 Å². The van der Waals surface area contributed by atoms with Gasteiger partial charge in [0.15, 0.2) is 0 Å². The monoisotopic (exact) mass is 709 g/mol. The first-order chi connectivity index (χ1) is 23.0. The number of alkyl carbamates (subject to hydrolysis) is 2. The van der Waals surface area contributed by atoms with Crippen LogP contribution >= 0.6 is 0 Å². The Hall–Kier alpha value is -4.95. The molecule has 4 amide bonds. The summed E-state index contributed by atoms with van der Waals surface area (Å²) in [5.41, 5.74) is -0.120. The summed E-state index contributed by atoms with van der Waals surface area (Å²) < 4.78 is 40.2. The van der Waals surface area contributed by atoms with E-state index >= 15 is 0 Å². The molecule has 0 radical (unpaired) electrons. The summed E-state index contributed by atoms with van der Waals surface area (Å²) in [5, 5.41) is 10.3. The van der Waals surface area contributed by atoms with Gasteiger partial charge < -0.3 is 30.7 Å². The van der Waals surface area contributed by atoms with E-state index in [1.54, 1.807) is 105 Å². The maximum Gasteiger partial charge on any atom is 0.408 e. The largest absolute Gasteiger partial charge is 0.447 e. The summed E-state index contributed by atoms with van der Waals surface area (Å²) in [7, 11) is -4.04. The summed E-state index contributed by atoms with van der Waals surface area (Å²) in [6.07, 6.45) is -1.40. The van der Waals surface area contributed by atoms with Gasteiger partial charge in [0.2, 0.25) is 10.0 Å². The average molecular weight is 710 g/mol. The molecule has 13 nitrogen and oxygen atoms in total. The molecule has 0 spiro atoms. The number of hydrogen-bond acceptors (Lipinski definition) is 8. The van der Waals surface area contributed by atoms with Crippen molar-refractivity contribution in [2.45, 2.75) is 89.9 Å². The second-order valence-electron chi connectivity index (χ2n) is 14.6. The van der Waals surface area contributed by atoms with Crippen molar-refractivity contribution in [3.63, 3.8) is 0 Å². The molecule has 50 heavy (non-hydrogen) atoms. The van der Waals surface area contributed by atoms with Crippen LogP contribution in [0.15, 0.2) is 77.7 Å². The maximum absolute atomic E-state index is 13.4. The van der Waals surface area contributed by atoms with Gasteiger partial charge in [-0.05, 0) is 97.7 Å². The predicted octanol–water partition coefficient (Wildman–Crippen LogP) is 6.10. The normalized spacial score (nSPS) is 12.7. The summed E-state index contributed by atoms with van der Waals surface area (Å²) in [6, 6.07) is 18.7. The van der Waals surface area contributed by atoms with Crippen LogP contribution in [0.5, 0.6) is 0 Å². The number of sulfonamides is 1. The Morgan fingerprint density at radius 3 is 1.80 bits per heavy atom. The van der Waals surface area contributed by atoms with E-state index in [-0.39, 0.29) is 22.9 Å². The van der Waals surface area contributed by atoms with Crippen molar-refractivity contribution < 1.29 is 37.1 Å². The molecule has 3 aromatic rings. The quantitative estimate of drug-likeness (QED) is 0.165. The third-order valence-corrected chi connectivity index (χ3v) is 8.18. The van der Waals surface area contributed by atoms with Gasteiger partial charge in [-0.2, -0.15) is 0 Å². The van der Waals surface area contributed by atoms with Crippen LogP contribution in [0.3, 0.4) is 0 Å². The molecule has 270 valence electrons. The van der Waals surface area contributed by atoms with E-state index in [0.29, 0.717) is 16.7 Å². The van der Waals surface area contributed by atoms with E-state index in [2.05, 4.69) is 26.0 Å². The van der Waals surface area contributed by atoms with Crippen LogP contribution in [-0.4, -0.2) is 55.7 Å². The van der Waals surface area contributed by atoms with Crippen molar-refractivity contribution >= 4 is 45.4 Å².